The number of hydrogen-bond donors (Lipinski definition) is 2. The highest BCUT2D eigenvalue weighted by Gasteiger charge is 2.26. The minimum absolute atomic E-state index is 0.346. The highest BCUT2D eigenvalue weighted by molar-refractivity contribution is 5.77. The summed E-state index contributed by atoms with van der Waals surface area (Å²) < 4.78 is 37.0. The van der Waals surface area contributed by atoms with Crippen LogP contribution in [0.25, 0.3) is 0 Å². The van der Waals surface area contributed by atoms with Gasteiger partial charge in [0.2, 0.25) is 5.91 Å². The number of alkyl halides is 3. The first-order chi connectivity index (χ1) is 8.37. The largest absolute Gasteiger partial charge is 0.401 e. The SMILES string of the molecule is Cn1ccc(CCNC(=O)CNCC(F)(F)F)n1. The number of halogens is 3. The van der Waals surface area contributed by atoms with Gasteiger partial charge in [-0.3, -0.25) is 9.48 Å². The van der Waals surface area contributed by atoms with Crippen LogP contribution in [-0.2, 0) is 18.3 Å². The van der Waals surface area contributed by atoms with Gasteiger partial charge < -0.3 is 10.6 Å². The molecule has 1 aromatic heterocycles. The lowest BCUT2D eigenvalue weighted by Crippen LogP contribution is -2.38. The average molecular weight is 264 g/mol. The summed E-state index contributed by atoms with van der Waals surface area (Å²) in [7, 11) is 1.78. The summed E-state index contributed by atoms with van der Waals surface area (Å²) in [4.78, 5) is 11.2. The average Bonchev–Trinajstić information content (AvgIpc) is 2.62. The molecule has 0 fully saturated rings. The number of aryl methyl sites for hydroxylation is 1. The van der Waals surface area contributed by atoms with E-state index in [1.807, 2.05) is 11.4 Å². The molecule has 0 saturated heterocycles. The van der Waals surface area contributed by atoms with E-state index in [2.05, 4.69) is 10.4 Å². The van der Waals surface area contributed by atoms with Gasteiger partial charge >= 0.3 is 6.18 Å². The van der Waals surface area contributed by atoms with Gasteiger partial charge in [-0.2, -0.15) is 18.3 Å². The van der Waals surface area contributed by atoms with Crippen molar-refractivity contribution in [1.29, 1.82) is 0 Å². The number of hydrogen-bond acceptors (Lipinski definition) is 3. The molecule has 0 atom stereocenters. The second-order valence-corrected chi connectivity index (χ2v) is 3.80. The second-order valence-electron chi connectivity index (χ2n) is 3.80. The second kappa shape index (κ2) is 6.39. The van der Waals surface area contributed by atoms with Crippen LogP contribution in [0.15, 0.2) is 12.3 Å². The molecule has 0 aliphatic rings. The standard InChI is InChI=1S/C10H15F3N4O/c1-17-5-3-8(16-17)2-4-15-9(18)6-14-7-10(11,12)13/h3,5,14H,2,4,6-7H2,1H3,(H,15,18). The molecule has 0 spiro atoms. The Bertz CT molecular complexity index is 389. The number of carbonyl (C=O) groups excluding carboxylic acids is 1. The lowest BCUT2D eigenvalue weighted by atomic mass is 10.3. The van der Waals surface area contributed by atoms with Crippen molar-refractivity contribution in [2.24, 2.45) is 7.05 Å². The van der Waals surface area contributed by atoms with E-state index < -0.39 is 18.6 Å². The summed E-state index contributed by atoms with van der Waals surface area (Å²) >= 11 is 0. The van der Waals surface area contributed by atoms with Crippen LogP contribution in [0.3, 0.4) is 0 Å². The molecule has 18 heavy (non-hydrogen) atoms. The summed E-state index contributed by atoms with van der Waals surface area (Å²) in [5, 5.41) is 8.63. The Kier molecular flexibility index (Phi) is 5.14. The molecule has 0 aliphatic heterocycles. The van der Waals surface area contributed by atoms with Gasteiger partial charge in [-0.25, -0.2) is 0 Å². The molecule has 1 aromatic rings. The van der Waals surface area contributed by atoms with E-state index in [9.17, 15) is 18.0 Å². The Hall–Kier alpha value is -1.57. The Morgan fingerprint density at radius 1 is 1.50 bits per heavy atom. The van der Waals surface area contributed by atoms with Crippen molar-refractivity contribution in [3.8, 4) is 0 Å². The van der Waals surface area contributed by atoms with Gasteiger partial charge in [-0.15, -0.1) is 0 Å². The number of rotatable bonds is 6. The fourth-order valence-electron chi connectivity index (χ4n) is 1.31. The van der Waals surface area contributed by atoms with Crippen LogP contribution < -0.4 is 10.6 Å². The van der Waals surface area contributed by atoms with Crippen molar-refractivity contribution >= 4 is 5.91 Å². The van der Waals surface area contributed by atoms with E-state index >= 15 is 0 Å². The highest BCUT2D eigenvalue weighted by atomic mass is 19.4. The van der Waals surface area contributed by atoms with Gasteiger partial charge in [0.1, 0.15) is 0 Å². The minimum Gasteiger partial charge on any atom is -0.355 e. The van der Waals surface area contributed by atoms with Gasteiger partial charge in [-0.1, -0.05) is 0 Å². The van der Waals surface area contributed by atoms with Crippen LogP contribution in [0.5, 0.6) is 0 Å². The first-order valence-corrected chi connectivity index (χ1v) is 5.39. The summed E-state index contributed by atoms with van der Waals surface area (Å²) in [6, 6.07) is 1.81. The van der Waals surface area contributed by atoms with E-state index in [4.69, 9.17) is 0 Å². The summed E-state index contributed by atoms with van der Waals surface area (Å²) in [5.41, 5.74) is 0.820. The molecular weight excluding hydrogens is 249 g/mol. The summed E-state index contributed by atoms with van der Waals surface area (Å²) in [6.45, 7) is -1.16. The molecule has 0 unspecified atom stereocenters. The maximum absolute atomic E-state index is 11.8. The first kappa shape index (κ1) is 14.5. The van der Waals surface area contributed by atoms with Crippen LogP contribution in [0.1, 0.15) is 5.69 Å². The van der Waals surface area contributed by atoms with E-state index in [-0.39, 0.29) is 6.54 Å². The summed E-state index contributed by atoms with van der Waals surface area (Å²) in [6.07, 6.45) is -1.97. The predicted molar refractivity (Wildman–Crippen MR) is 58.8 cm³/mol. The Morgan fingerprint density at radius 2 is 2.22 bits per heavy atom. The molecule has 5 nitrogen and oxygen atoms in total. The zero-order chi connectivity index (χ0) is 13.6. The highest BCUT2D eigenvalue weighted by Crippen LogP contribution is 2.11. The fourth-order valence-corrected chi connectivity index (χ4v) is 1.31. The molecule has 1 heterocycles. The lowest BCUT2D eigenvalue weighted by molar-refractivity contribution is -0.128. The Morgan fingerprint density at radius 3 is 2.78 bits per heavy atom. The van der Waals surface area contributed by atoms with E-state index in [1.165, 1.54) is 0 Å². The molecule has 2 N–H and O–H groups in total. The predicted octanol–water partition coefficient (Wildman–Crippen LogP) is 0.231. The number of aromatic nitrogens is 2. The van der Waals surface area contributed by atoms with Crippen molar-refractivity contribution in [2.75, 3.05) is 19.6 Å². The van der Waals surface area contributed by atoms with Crippen LogP contribution in [0.4, 0.5) is 13.2 Å². The Balaban J connectivity index is 2.10. The van der Waals surface area contributed by atoms with Gasteiger partial charge in [0.05, 0.1) is 18.8 Å². The van der Waals surface area contributed by atoms with Gasteiger partial charge in [0.25, 0.3) is 0 Å². The van der Waals surface area contributed by atoms with Crippen molar-refractivity contribution in [1.82, 2.24) is 20.4 Å². The number of nitrogens with one attached hydrogen (secondary N) is 2. The normalized spacial score (nSPS) is 11.6. The van der Waals surface area contributed by atoms with Crippen molar-refractivity contribution in [3.05, 3.63) is 18.0 Å². The molecule has 0 aliphatic carbocycles. The van der Waals surface area contributed by atoms with E-state index in [0.29, 0.717) is 13.0 Å². The molecule has 0 radical (unpaired) electrons. The van der Waals surface area contributed by atoms with Crippen LogP contribution in [-0.4, -0.2) is 41.5 Å². The van der Waals surface area contributed by atoms with Crippen LogP contribution in [0, 0.1) is 0 Å². The van der Waals surface area contributed by atoms with Gasteiger partial charge in [-0.05, 0) is 6.07 Å². The van der Waals surface area contributed by atoms with Gasteiger partial charge in [0.15, 0.2) is 0 Å². The molecule has 102 valence electrons. The van der Waals surface area contributed by atoms with Crippen molar-refractivity contribution < 1.29 is 18.0 Å². The molecule has 0 saturated carbocycles. The third kappa shape index (κ3) is 6.24. The van der Waals surface area contributed by atoms with Crippen molar-refractivity contribution in [2.45, 2.75) is 12.6 Å². The monoisotopic (exact) mass is 264 g/mol. The fraction of sp³-hybridized carbons (Fsp3) is 0.600. The zero-order valence-corrected chi connectivity index (χ0v) is 9.92. The molecule has 8 heteroatoms. The maximum atomic E-state index is 11.8. The maximum Gasteiger partial charge on any atom is 0.401 e. The van der Waals surface area contributed by atoms with E-state index in [0.717, 1.165) is 5.69 Å². The molecule has 1 rings (SSSR count). The smallest absolute Gasteiger partial charge is 0.355 e. The van der Waals surface area contributed by atoms with Gasteiger partial charge in [0, 0.05) is 26.2 Å². The number of carbonyl (C=O) groups is 1. The van der Waals surface area contributed by atoms with Crippen molar-refractivity contribution in [3.63, 3.8) is 0 Å². The lowest BCUT2D eigenvalue weighted by Gasteiger charge is -2.08. The third-order valence-corrected chi connectivity index (χ3v) is 2.08. The minimum atomic E-state index is -4.30. The summed E-state index contributed by atoms with van der Waals surface area (Å²) in [5.74, 6) is -0.463. The molecule has 0 bridgehead atoms. The topological polar surface area (TPSA) is 59.0 Å². The molecular formula is C10H15F3N4O. The molecule has 1 amide bonds. The Labute approximate surface area is 102 Å². The van der Waals surface area contributed by atoms with Crippen LogP contribution >= 0.6 is 0 Å². The first-order valence-electron chi connectivity index (χ1n) is 5.39. The quantitative estimate of drug-likeness (QED) is 0.773. The zero-order valence-electron chi connectivity index (χ0n) is 9.92. The third-order valence-electron chi connectivity index (χ3n) is 2.08. The van der Waals surface area contributed by atoms with Crippen LogP contribution in [0.2, 0.25) is 0 Å². The number of amides is 1. The molecule has 0 aromatic carbocycles. The van der Waals surface area contributed by atoms with E-state index in [1.54, 1.807) is 17.9 Å². The number of nitrogens with zero attached hydrogens (tertiary/aromatic N) is 2.